The Kier molecular flexibility index (Phi) is 4.18. The summed E-state index contributed by atoms with van der Waals surface area (Å²) in [6.45, 7) is 0. The molecule has 0 bridgehead atoms. The van der Waals surface area contributed by atoms with Crippen LogP contribution >= 0.6 is 0 Å². The average molecular weight is 450 g/mol. The van der Waals surface area contributed by atoms with E-state index in [1.54, 1.807) is 0 Å². The number of halogens is 6. The number of sulfone groups is 1. The Hall–Kier alpha value is -3.09. The number of hydrogen-bond donors (Lipinski definition) is 1. The molecule has 2 aromatic carbocycles. The Morgan fingerprint density at radius 1 is 1.13 bits per heavy atom. The first-order chi connectivity index (χ1) is 13.8. The van der Waals surface area contributed by atoms with E-state index in [0.717, 1.165) is 12.3 Å². The number of nitrogens with zero attached hydrogens (tertiary/aromatic N) is 1. The molecule has 0 atom stereocenters. The summed E-state index contributed by atoms with van der Waals surface area (Å²) in [6.07, 6.45) is -0.239. The van der Waals surface area contributed by atoms with E-state index in [0.29, 0.717) is 17.6 Å². The maximum absolute atomic E-state index is 14.3. The molecule has 0 fully saturated rings. The average Bonchev–Trinajstić information content (AvgIpc) is 3.20. The lowest BCUT2D eigenvalue weighted by atomic mass is 10.1. The van der Waals surface area contributed by atoms with Crippen LogP contribution in [0.4, 0.5) is 26.3 Å². The monoisotopic (exact) mass is 450 g/mol. The molecule has 3 aromatic rings. The third-order valence-electron chi connectivity index (χ3n) is 4.52. The number of rotatable bonds is 3. The molecule has 0 amide bonds. The van der Waals surface area contributed by atoms with E-state index in [1.807, 2.05) is 0 Å². The summed E-state index contributed by atoms with van der Waals surface area (Å²) in [5.74, 6) is -8.26. The zero-order chi connectivity index (χ0) is 22.1. The zero-order valence-corrected chi connectivity index (χ0v) is 15.2. The summed E-state index contributed by atoms with van der Waals surface area (Å²) in [7, 11) is -6.11. The fourth-order valence-corrected chi connectivity index (χ4v) is 4.12. The van der Waals surface area contributed by atoms with E-state index in [1.165, 1.54) is 6.07 Å². The van der Waals surface area contributed by atoms with Gasteiger partial charge in [0.25, 0.3) is 9.84 Å². The molecule has 6 nitrogen and oxygen atoms in total. The molecule has 1 aliphatic rings. The van der Waals surface area contributed by atoms with Gasteiger partial charge in [0.15, 0.2) is 11.6 Å². The van der Waals surface area contributed by atoms with Crippen LogP contribution in [0.2, 0.25) is 0 Å². The molecular formula is C17H8F6N2O4S. The van der Waals surface area contributed by atoms with Gasteiger partial charge in [-0.15, -0.1) is 0 Å². The van der Waals surface area contributed by atoms with Gasteiger partial charge >= 0.3 is 11.4 Å². The van der Waals surface area contributed by atoms with Gasteiger partial charge in [-0.3, -0.25) is 9.89 Å². The lowest BCUT2D eigenvalue weighted by molar-refractivity contribution is -0.0436. The summed E-state index contributed by atoms with van der Waals surface area (Å²) in [5, 5.41) is 6.28. The molecule has 0 spiro atoms. The molecule has 30 heavy (non-hydrogen) atoms. The number of carbonyl (C=O) groups is 1. The third-order valence-corrected chi connectivity index (χ3v) is 6.05. The van der Waals surface area contributed by atoms with E-state index >= 15 is 0 Å². The van der Waals surface area contributed by atoms with Crippen molar-refractivity contribution in [3.05, 3.63) is 47.4 Å². The van der Waals surface area contributed by atoms with Gasteiger partial charge in [-0.1, -0.05) is 0 Å². The highest BCUT2D eigenvalue weighted by Gasteiger charge is 2.55. The second-order valence-electron chi connectivity index (χ2n) is 6.38. The van der Waals surface area contributed by atoms with Crippen molar-refractivity contribution in [2.45, 2.75) is 22.7 Å². The van der Waals surface area contributed by atoms with Crippen molar-refractivity contribution in [2.24, 2.45) is 0 Å². The number of H-pyrrole nitrogens is 1. The van der Waals surface area contributed by atoms with Crippen molar-refractivity contribution in [3.63, 3.8) is 0 Å². The molecule has 0 unspecified atom stereocenters. The summed E-state index contributed by atoms with van der Waals surface area (Å²) in [4.78, 5) is 10.4. The van der Waals surface area contributed by atoms with Crippen molar-refractivity contribution >= 4 is 26.5 Å². The highest BCUT2D eigenvalue weighted by Crippen LogP contribution is 2.46. The molecule has 0 saturated carbocycles. The van der Waals surface area contributed by atoms with Crippen LogP contribution in [0.3, 0.4) is 0 Å². The summed E-state index contributed by atoms with van der Waals surface area (Å²) in [6, 6.07) is 3.29. The van der Waals surface area contributed by atoms with Crippen LogP contribution in [0, 0.1) is 5.82 Å². The van der Waals surface area contributed by atoms with Crippen LogP contribution in [0.1, 0.15) is 15.9 Å². The van der Waals surface area contributed by atoms with Crippen LogP contribution in [0.5, 0.6) is 11.5 Å². The predicted octanol–water partition coefficient (Wildman–Crippen LogP) is 4.16. The first kappa shape index (κ1) is 20.2. The number of nitrogens with one attached hydrogen (secondary N) is 1. The minimum absolute atomic E-state index is 0.0897. The Balaban J connectivity index is 1.94. The second kappa shape index (κ2) is 6.20. The van der Waals surface area contributed by atoms with E-state index in [4.69, 9.17) is 4.74 Å². The number of fused-ring (bicyclic) bond motifs is 2. The molecule has 1 aliphatic carbocycles. The van der Waals surface area contributed by atoms with Gasteiger partial charge in [-0.25, -0.2) is 12.8 Å². The standard InChI is InChI=1S/C17H8F6N2O4S/c18-9-1-2-10-8(6-24-25-10)14(9)29-11-3-4-12(30(27,28)17(21,22)23)13-7(11)5-16(19,20)15(13)26/h1-4,6H,5H2,(H,24,25). The minimum atomic E-state index is -6.11. The van der Waals surface area contributed by atoms with Crippen molar-refractivity contribution < 1.29 is 44.3 Å². The Morgan fingerprint density at radius 3 is 2.50 bits per heavy atom. The van der Waals surface area contributed by atoms with Crippen molar-refractivity contribution in [2.75, 3.05) is 0 Å². The number of Topliss-reactive ketones (excluding diaryl/α,β-unsaturated/α-hetero) is 1. The third kappa shape index (κ3) is 2.83. The Labute approximate surface area is 163 Å². The smallest absolute Gasteiger partial charge is 0.453 e. The van der Waals surface area contributed by atoms with E-state index < -0.39 is 66.8 Å². The van der Waals surface area contributed by atoms with Crippen molar-refractivity contribution in [3.8, 4) is 11.5 Å². The Bertz CT molecular complexity index is 1310. The maximum atomic E-state index is 14.3. The molecule has 0 aliphatic heterocycles. The molecule has 158 valence electrons. The van der Waals surface area contributed by atoms with Gasteiger partial charge < -0.3 is 4.74 Å². The fourth-order valence-electron chi connectivity index (χ4n) is 3.14. The molecule has 4 rings (SSSR count). The minimum Gasteiger partial charge on any atom is -0.453 e. The van der Waals surface area contributed by atoms with Crippen LogP contribution in [0.15, 0.2) is 35.4 Å². The molecule has 0 saturated heterocycles. The zero-order valence-electron chi connectivity index (χ0n) is 14.4. The molecule has 0 radical (unpaired) electrons. The van der Waals surface area contributed by atoms with E-state index in [9.17, 15) is 39.6 Å². The topological polar surface area (TPSA) is 89.1 Å². The Morgan fingerprint density at radius 2 is 1.83 bits per heavy atom. The van der Waals surface area contributed by atoms with Gasteiger partial charge in [0.2, 0.25) is 5.78 Å². The number of ether oxygens (including phenoxy) is 1. The quantitative estimate of drug-likeness (QED) is 0.606. The highest BCUT2D eigenvalue weighted by atomic mass is 32.2. The number of aromatic amines is 1. The van der Waals surface area contributed by atoms with Gasteiger partial charge in [0.1, 0.15) is 5.75 Å². The molecule has 1 heterocycles. The van der Waals surface area contributed by atoms with E-state index in [-0.39, 0.29) is 5.39 Å². The second-order valence-corrected chi connectivity index (χ2v) is 8.29. The maximum Gasteiger partial charge on any atom is 0.501 e. The largest absolute Gasteiger partial charge is 0.501 e. The molecule has 13 heteroatoms. The van der Waals surface area contributed by atoms with Gasteiger partial charge in [0.05, 0.1) is 27.6 Å². The van der Waals surface area contributed by atoms with Crippen LogP contribution in [-0.2, 0) is 16.3 Å². The normalized spacial score (nSPS) is 16.1. The number of ketones is 1. The van der Waals surface area contributed by atoms with Gasteiger partial charge in [0, 0.05) is 12.0 Å². The van der Waals surface area contributed by atoms with Crippen molar-refractivity contribution in [1.29, 1.82) is 0 Å². The van der Waals surface area contributed by atoms with Crippen LogP contribution in [-0.4, -0.2) is 35.8 Å². The predicted molar refractivity (Wildman–Crippen MR) is 88.8 cm³/mol. The number of carbonyl (C=O) groups excluding carboxylic acids is 1. The number of hydrogen-bond acceptors (Lipinski definition) is 5. The summed E-state index contributed by atoms with van der Waals surface area (Å²) < 4.78 is 110. The molecule has 1 aromatic heterocycles. The lowest BCUT2D eigenvalue weighted by Crippen LogP contribution is -2.28. The van der Waals surface area contributed by atoms with Gasteiger partial charge in [-0.2, -0.15) is 27.1 Å². The van der Waals surface area contributed by atoms with E-state index in [2.05, 4.69) is 10.2 Å². The highest BCUT2D eigenvalue weighted by molar-refractivity contribution is 7.92. The number of aromatic nitrogens is 2. The van der Waals surface area contributed by atoms with Gasteiger partial charge in [-0.05, 0) is 24.3 Å². The lowest BCUT2D eigenvalue weighted by Gasteiger charge is -2.15. The number of benzene rings is 2. The van der Waals surface area contributed by atoms with Crippen molar-refractivity contribution in [1.82, 2.24) is 10.2 Å². The fraction of sp³-hybridized carbons (Fsp3) is 0.176. The molecular weight excluding hydrogens is 442 g/mol. The first-order valence-electron chi connectivity index (χ1n) is 8.04. The van der Waals surface area contributed by atoms with Crippen LogP contribution in [0.25, 0.3) is 10.9 Å². The number of alkyl halides is 5. The molecule has 1 N–H and O–H groups in total. The SMILES string of the molecule is O=C1c2c(S(=O)(=O)C(F)(F)F)ccc(Oc3c(F)ccc4[nH]ncc34)c2CC1(F)F. The van der Waals surface area contributed by atoms with Crippen LogP contribution < -0.4 is 4.74 Å². The summed E-state index contributed by atoms with van der Waals surface area (Å²) in [5.41, 5.74) is -7.61. The first-order valence-corrected chi connectivity index (χ1v) is 9.52. The summed E-state index contributed by atoms with van der Waals surface area (Å²) >= 11 is 0.